The second-order valence-corrected chi connectivity index (χ2v) is 4.12. The lowest BCUT2D eigenvalue weighted by atomic mass is 10.2. The Labute approximate surface area is 96.5 Å². The number of carbonyl (C=O) groups excluding carboxylic acids is 1. The molecular weight excluding hydrogens is 202 g/mol. The first-order valence-corrected chi connectivity index (χ1v) is 5.56. The maximum absolute atomic E-state index is 11.4. The molecule has 88 valence electrons. The molecule has 0 fully saturated rings. The second kappa shape index (κ2) is 6.95. The van der Waals surface area contributed by atoms with E-state index in [0.29, 0.717) is 19.0 Å². The summed E-state index contributed by atoms with van der Waals surface area (Å²) in [6, 6.07) is 5.66. The Morgan fingerprint density at radius 2 is 2.25 bits per heavy atom. The lowest BCUT2D eigenvalue weighted by Gasteiger charge is -2.07. The van der Waals surface area contributed by atoms with E-state index in [1.807, 2.05) is 18.2 Å². The van der Waals surface area contributed by atoms with Crippen LogP contribution in [0.25, 0.3) is 0 Å². The van der Waals surface area contributed by atoms with Gasteiger partial charge < -0.3 is 10.6 Å². The molecule has 1 rings (SSSR count). The van der Waals surface area contributed by atoms with Gasteiger partial charge in [-0.3, -0.25) is 9.78 Å². The van der Waals surface area contributed by atoms with Gasteiger partial charge in [0.25, 0.3) is 0 Å². The highest BCUT2D eigenvalue weighted by Gasteiger charge is 2.01. The largest absolute Gasteiger partial charge is 0.349 e. The number of hydrogen-bond donors (Lipinski definition) is 2. The van der Waals surface area contributed by atoms with Crippen LogP contribution in [0.1, 0.15) is 19.5 Å². The molecule has 1 aromatic rings. The predicted octanol–water partition coefficient (Wildman–Crippen LogP) is 0.943. The van der Waals surface area contributed by atoms with Crippen molar-refractivity contribution in [3.8, 4) is 0 Å². The van der Waals surface area contributed by atoms with Crippen molar-refractivity contribution in [3.63, 3.8) is 0 Å². The average molecular weight is 221 g/mol. The fourth-order valence-electron chi connectivity index (χ4n) is 1.23. The fraction of sp³-hybridized carbons (Fsp3) is 0.500. The maximum Gasteiger partial charge on any atom is 0.234 e. The summed E-state index contributed by atoms with van der Waals surface area (Å²) < 4.78 is 0. The molecule has 0 aromatic carbocycles. The third-order valence-electron chi connectivity index (χ3n) is 2.03. The summed E-state index contributed by atoms with van der Waals surface area (Å²) in [5.41, 5.74) is 0.875. The van der Waals surface area contributed by atoms with Crippen molar-refractivity contribution < 1.29 is 4.79 Å². The van der Waals surface area contributed by atoms with Gasteiger partial charge in [0.15, 0.2) is 0 Å². The van der Waals surface area contributed by atoms with E-state index in [1.165, 1.54) is 0 Å². The second-order valence-electron chi connectivity index (χ2n) is 4.12. The molecule has 16 heavy (non-hydrogen) atoms. The first-order chi connectivity index (χ1) is 7.68. The van der Waals surface area contributed by atoms with E-state index in [-0.39, 0.29) is 5.91 Å². The van der Waals surface area contributed by atoms with Gasteiger partial charge in [0.1, 0.15) is 0 Å². The number of amides is 1. The van der Waals surface area contributed by atoms with Gasteiger partial charge in [-0.2, -0.15) is 0 Å². The lowest BCUT2D eigenvalue weighted by Crippen LogP contribution is -2.35. The third kappa shape index (κ3) is 5.46. The normalized spacial score (nSPS) is 10.4. The van der Waals surface area contributed by atoms with Gasteiger partial charge in [0.05, 0.1) is 18.8 Å². The number of hydrogen-bond acceptors (Lipinski definition) is 3. The molecule has 0 aliphatic heterocycles. The van der Waals surface area contributed by atoms with Crippen LogP contribution >= 0.6 is 0 Å². The van der Waals surface area contributed by atoms with Crippen LogP contribution in [0.15, 0.2) is 24.4 Å². The minimum Gasteiger partial charge on any atom is -0.349 e. The summed E-state index contributed by atoms with van der Waals surface area (Å²) in [4.78, 5) is 15.5. The highest BCUT2D eigenvalue weighted by Crippen LogP contribution is 1.91. The van der Waals surface area contributed by atoms with E-state index >= 15 is 0 Å². The molecule has 0 spiro atoms. The lowest BCUT2D eigenvalue weighted by molar-refractivity contribution is -0.120. The Bertz CT molecular complexity index is 311. The summed E-state index contributed by atoms with van der Waals surface area (Å²) in [5, 5.41) is 5.90. The molecule has 0 radical (unpaired) electrons. The summed E-state index contributed by atoms with van der Waals surface area (Å²) in [7, 11) is 0. The molecule has 1 heterocycles. The van der Waals surface area contributed by atoms with Gasteiger partial charge in [-0.05, 0) is 24.6 Å². The van der Waals surface area contributed by atoms with Crippen LogP contribution in [0.4, 0.5) is 0 Å². The van der Waals surface area contributed by atoms with Crippen LogP contribution in [0.5, 0.6) is 0 Å². The van der Waals surface area contributed by atoms with E-state index in [0.717, 1.165) is 12.2 Å². The number of carbonyl (C=O) groups is 1. The molecule has 1 aromatic heterocycles. The summed E-state index contributed by atoms with van der Waals surface area (Å²) in [6.07, 6.45) is 1.72. The Morgan fingerprint density at radius 3 is 2.88 bits per heavy atom. The molecular formula is C12H19N3O. The van der Waals surface area contributed by atoms with Crippen LogP contribution in [0.3, 0.4) is 0 Å². The summed E-state index contributed by atoms with van der Waals surface area (Å²) in [6.45, 7) is 5.93. The number of nitrogens with zero attached hydrogens (tertiary/aromatic N) is 1. The molecule has 0 aliphatic carbocycles. The molecule has 0 atom stereocenters. The van der Waals surface area contributed by atoms with Crippen molar-refractivity contribution in [1.82, 2.24) is 15.6 Å². The Morgan fingerprint density at radius 1 is 1.44 bits per heavy atom. The first kappa shape index (κ1) is 12.6. The van der Waals surface area contributed by atoms with E-state index in [4.69, 9.17) is 0 Å². The first-order valence-electron chi connectivity index (χ1n) is 5.56. The van der Waals surface area contributed by atoms with Crippen LogP contribution in [-0.2, 0) is 11.3 Å². The standard InChI is InChI=1S/C12H19N3O/c1-10(2)7-13-9-12(16)15-8-11-5-3-4-6-14-11/h3-6,10,13H,7-9H2,1-2H3,(H,15,16). The van der Waals surface area contributed by atoms with Gasteiger partial charge in [0.2, 0.25) is 5.91 Å². The highest BCUT2D eigenvalue weighted by atomic mass is 16.1. The predicted molar refractivity (Wildman–Crippen MR) is 63.8 cm³/mol. The van der Waals surface area contributed by atoms with Crippen molar-refractivity contribution in [2.75, 3.05) is 13.1 Å². The van der Waals surface area contributed by atoms with Crippen LogP contribution < -0.4 is 10.6 Å². The summed E-state index contributed by atoms with van der Waals surface area (Å²) >= 11 is 0. The van der Waals surface area contributed by atoms with Crippen molar-refractivity contribution in [3.05, 3.63) is 30.1 Å². The van der Waals surface area contributed by atoms with Crippen molar-refractivity contribution in [1.29, 1.82) is 0 Å². The molecule has 4 heteroatoms. The zero-order valence-corrected chi connectivity index (χ0v) is 9.86. The smallest absolute Gasteiger partial charge is 0.234 e. The Hall–Kier alpha value is -1.42. The van der Waals surface area contributed by atoms with E-state index in [2.05, 4.69) is 29.5 Å². The molecule has 0 aliphatic rings. The van der Waals surface area contributed by atoms with Gasteiger partial charge in [-0.1, -0.05) is 19.9 Å². The number of nitrogens with one attached hydrogen (secondary N) is 2. The average Bonchev–Trinajstić information content (AvgIpc) is 2.27. The molecule has 0 saturated heterocycles. The molecule has 1 amide bonds. The minimum absolute atomic E-state index is 0.00584. The molecule has 2 N–H and O–H groups in total. The van der Waals surface area contributed by atoms with Crippen molar-refractivity contribution >= 4 is 5.91 Å². The number of pyridine rings is 1. The van der Waals surface area contributed by atoms with Gasteiger partial charge in [-0.25, -0.2) is 0 Å². The van der Waals surface area contributed by atoms with Crippen molar-refractivity contribution in [2.45, 2.75) is 20.4 Å². The van der Waals surface area contributed by atoms with Crippen molar-refractivity contribution in [2.24, 2.45) is 5.92 Å². The Kier molecular flexibility index (Phi) is 5.50. The van der Waals surface area contributed by atoms with E-state index in [1.54, 1.807) is 6.20 Å². The zero-order valence-electron chi connectivity index (χ0n) is 9.86. The molecule has 0 saturated carbocycles. The fourth-order valence-corrected chi connectivity index (χ4v) is 1.23. The van der Waals surface area contributed by atoms with Gasteiger partial charge >= 0.3 is 0 Å². The Balaban J connectivity index is 2.16. The molecule has 4 nitrogen and oxygen atoms in total. The third-order valence-corrected chi connectivity index (χ3v) is 2.03. The number of rotatable bonds is 6. The SMILES string of the molecule is CC(C)CNCC(=O)NCc1ccccn1. The van der Waals surface area contributed by atoms with Crippen LogP contribution in [-0.4, -0.2) is 24.0 Å². The number of aromatic nitrogens is 1. The maximum atomic E-state index is 11.4. The van der Waals surface area contributed by atoms with E-state index in [9.17, 15) is 4.79 Å². The van der Waals surface area contributed by atoms with Crippen LogP contribution in [0.2, 0.25) is 0 Å². The van der Waals surface area contributed by atoms with Gasteiger partial charge in [0, 0.05) is 6.20 Å². The topological polar surface area (TPSA) is 54.0 Å². The zero-order chi connectivity index (χ0) is 11.8. The van der Waals surface area contributed by atoms with Crippen LogP contribution in [0, 0.1) is 5.92 Å². The van der Waals surface area contributed by atoms with Gasteiger partial charge in [-0.15, -0.1) is 0 Å². The molecule has 0 bridgehead atoms. The van der Waals surface area contributed by atoms with E-state index < -0.39 is 0 Å². The quantitative estimate of drug-likeness (QED) is 0.752. The highest BCUT2D eigenvalue weighted by molar-refractivity contribution is 5.77. The monoisotopic (exact) mass is 221 g/mol. The minimum atomic E-state index is 0.00584. The summed E-state index contributed by atoms with van der Waals surface area (Å²) in [5.74, 6) is 0.565. The molecule has 0 unspecified atom stereocenters.